The van der Waals surface area contributed by atoms with Gasteiger partial charge < -0.3 is 4.74 Å². The standard InChI is InChI=1S/C13H16O5S/c1-10(2)13(14)18-12(19(15,16)17)9-8-11-6-4-3-5-7-11/h3-7,12H,1,8-9H2,2H3,(H,15,16,17). The van der Waals surface area contributed by atoms with Gasteiger partial charge in [0.2, 0.25) is 5.44 Å². The average molecular weight is 284 g/mol. The first-order valence-electron chi connectivity index (χ1n) is 5.67. The summed E-state index contributed by atoms with van der Waals surface area (Å²) in [6, 6.07) is 9.11. The molecule has 5 nitrogen and oxygen atoms in total. The average Bonchev–Trinajstić information content (AvgIpc) is 2.33. The first-order valence-corrected chi connectivity index (χ1v) is 7.17. The molecular formula is C13H16O5S. The van der Waals surface area contributed by atoms with Gasteiger partial charge in [0.05, 0.1) is 0 Å². The fraction of sp³-hybridized carbons (Fsp3) is 0.308. The van der Waals surface area contributed by atoms with E-state index in [0.717, 1.165) is 5.56 Å². The zero-order valence-electron chi connectivity index (χ0n) is 10.6. The molecule has 1 unspecified atom stereocenters. The third-order valence-corrected chi connectivity index (χ3v) is 3.43. The fourth-order valence-corrected chi connectivity index (χ4v) is 2.04. The number of aryl methyl sites for hydroxylation is 1. The van der Waals surface area contributed by atoms with E-state index in [0.29, 0.717) is 6.42 Å². The van der Waals surface area contributed by atoms with Gasteiger partial charge in [0, 0.05) is 12.0 Å². The molecule has 1 rings (SSSR count). The second-order valence-corrected chi connectivity index (χ2v) is 5.71. The Balaban J connectivity index is 2.71. The van der Waals surface area contributed by atoms with Crippen LogP contribution in [0.3, 0.4) is 0 Å². The van der Waals surface area contributed by atoms with Gasteiger partial charge >= 0.3 is 16.1 Å². The molecule has 0 aliphatic carbocycles. The quantitative estimate of drug-likeness (QED) is 0.490. The summed E-state index contributed by atoms with van der Waals surface area (Å²) >= 11 is 0. The Morgan fingerprint density at radius 1 is 1.37 bits per heavy atom. The molecule has 0 saturated heterocycles. The van der Waals surface area contributed by atoms with E-state index in [4.69, 9.17) is 9.29 Å². The van der Waals surface area contributed by atoms with Crippen molar-refractivity contribution in [1.29, 1.82) is 0 Å². The summed E-state index contributed by atoms with van der Waals surface area (Å²) in [6.07, 6.45) is 0.358. The van der Waals surface area contributed by atoms with Crippen molar-refractivity contribution < 1.29 is 22.5 Å². The van der Waals surface area contributed by atoms with Gasteiger partial charge in [-0.15, -0.1) is 0 Å². The number of hydrogen-bond donors (Lipinski definition) is 1. The topological polar surface area (TPSA) is 80.7 Å². The zero-order chi connectivity index (χ0) is 14.5. The minimum Gasteiger partial charge on any atom is -0.440 e. The molecule has 0 fully saturated rings. The minimum atomic E-state index is -4.45. The van der Waals surface area contributed by atoms with Gasteiger partial charge in [-0.3, -0.25) is 4.55 Å². The van der Waals surface area contributed by atoms with Crippen LogP contribution in [0.5, 0.6) is 0 Å². The molecule has 0 aromatic heterocycles. The van der Waals surface area contributed by atoms with Crippen LogP contribution in [0, 0.1) is 0 Å². The van der Waals surface area contributed by atoms with Crippen LogP contribution in [0.4, 0.5) is 0 Å². The van der Waals surface area contributed by atoms with Crippen molar-refractivity contribution >= 4 is 16.1 Å². The van der Waals surface area contributed by atoms with Crippen molar-refractivity contribution in [2.75, 3.05) is 0 Å². The van der Waals surface area contributed by atoms with Gasteiger partial charge in [0.25, 0.3) is 0 Å². The summed E-state index contributed by atoms with van der Waals surface area (Å²) in [5, 5.41) is 0. The van der Waals surface area contributed by atoms with Crippen LogP contribution in [0.2, 0.25) is 0 Å². The number of benzene rings is 1. The maximum absolute atomic E-state index is 11.3. The van der Waals surface area contributed by atoms with Gasteiger partial charge in [0.15, 0.2) is 0 Å². The zero-order valence-corrected chi connectivity index (χ0v) is 11.4. The van der Waals surface area contributed by atoms with E-state index >= 15 is 0 Å². The summed E-state index contributed by atoms with van der Waals surface area (Å²) in [7, 11) is -4.45. The number of ether oxygens (including phenoxy) is 1. The van der Waals surface area contributed by atoms with E-state index in [1.165, 1.54) is 6.92 Å². The van der Waals surface area contributed by atoms with E-state index in [9.17, 15) is 13.2 Å². The molecular weight excluding hydrogens is 268 g/mol. The lowest BCUT2D eigenvalue weighted by Gasteiger charge is -2.15. The Kier molecular flexibility index (Phi) is 5.26. The van der Waals surface area contributed by atoms with Crippen LogP contribution in [0.25, 0.3) is 0 Å². The maximum Gasteiger partial charge on any atom is 0.334 e. The van der Waals surface area contributed by atoms with Crippen molar-refractivity contribution in [1.82, 2.24) is 0 Å². The molecule has 0 aliphatic rings. The van der Waals surface area contributed by atoms with Gasteiger partial charge in [0.1, 0.15) is 0 Å². The molecule has 1 aromatic rings. The highest BCUT2D eigenvalue weighted by Crippen LogP contribution is 2.13. The maximum atomic E-state index is 11.3. The normalized spacial score (nSPS) is 12.7. The molecule has 0 heterocycles. The molecule has 19 heavy (non-hydrogen) atoms. The van der Waals surface area contributed by atoms with Crippen molar-refractivity contribution in [2.24, 2.45) is 0 Å². The van der Waals surface area contributed by atoms with Gasteiger partial charge in [-0.25, -0.2) is 4.79 Å². The molecule has 0 amide bonds. The highest BCUT2D eigenvalue weighted by atomic mass is 32.2. The van der Waals surface area contributed by atoms with Gasteiger partial charge in [-0.1, -0.05) is 36.9 Å². The molecule has 0 aliphatic heterocycles. The van der Waals surface area contributed by atoms with Crippen LogP contribution >= 0.6 is 0 Å². The molecule has 1 atom stereocenters. The SMILES string of the molecule is C=C(C)C(=O)OC(CCc1ccccc1)S(=O)(=O)O. The first-order chi connectivity index (χ1) is 8.80. The highest BCUT2D eigenvalue weighted by Gasteiger charge is 2.27. The summed E-state index contributed by atoms with van der Waals surface area (Å²) < 4.78 is 36.1. The van der Waals surface area contributed by atoms with Crippen molar-refractivity contribution in [2.45, 2.75) is 25.2 Å². The Morgan fingerprint density at radius 3 is 2.42 bits per heavy atom. The second-order valence-electron chi connectivity index (χ2n) is 4.15. The van der Waals surface area contributed by atoms with Crippen LogP contribution in [0.1, 0.15) is 18.9 Å². The van der Waals surface area contributed by atoms with E-state index in [1.807, 2.05) is 30.3 Å². The largest absolute Gasteiger partial charge is 0.440 e. The lowest BCUT2D eigenvalue weighted by atomic mass is 10.1. The van der Waals surface area contributed by atoms with Crippen molar-refractivity contribution in [3.63, 3.8) is 0 Å². The van der Waals surface area contributed by atoms with Crippen LogP contribution in [-0.2, 0) is 26.1 Å². The molecule has 0 spiro atoms. The van der Waals surface area contributed by atoms with Crippen LogP contribution in [-0.4, -0.2) is 24.4 Å². The summed E-state index contributed by atoms with van der Waals surface area (Å²) in [5.74, 6) is -0.837. The van der Waals surface area contributed by atoms with Gasteiger partial charge in [-0.05, 0) is 18.9 Å². The molecule has 104 valence electrons. The molecule has 6 heteroatoms. The molecule has 0 saturated carbocycles. The van der Waals surface area contributed by atoms with E-state index in [1.54, 1.807) is 0 Å². The third-order valence-electron chi connectivity index (χ3n) is 2.43. The second kappa shape index (κ2) is 6.49. The lowest BCUT2D eigenvalue weighted by Crippen LogP contribution is -2.27. The van der Waals surface area contributed by atoms with Crippen molar-refractivity contribution in [3.8, 4) is 0 Å². The number of rotatable bonds is 6. The van der Waals surface area contributed by atoms with E-state index < -0.39 is 21.5 Å². The van der Waals surface area contributed by atoms with Gasteiger partial charge in [-0.2, -0.15) is 8.42 Å². The molecule has 1 N–H and O–H groups in total. The fourth-order valence-electron chi connectivity index (χ4n) is 1.42. The van der Waals surface area contributed by atoms with Crippen LogP contribution in [0.15, 0.2) is 42.5 Å². The highest BCUT2D eigenvalue weighted by molar-refractivity contribution is 7.86. The predicted octanol–water partition coefficient (Wildman–Crippen LogP) is 1.95. The predicted molar refractivity (Wildman–Crippen MR) is 71.0 cm³/mol. The number of esters is 1. The summed E-state index contributed by atoms with van der Waals surface area (Å²) in [5.41, 5.74) is -0.604. The monoisotopic (exact) mass is 284 g/mol. The van der Waals surface area contributed by atoms with E-state index in [2.05, 4.69) is 6.58 Å². The number of carbonyl (C=O) groups excluding carboxylic acids is 1. The van der Waals surface area contributed by atoms with Crippen molar-refractivity contribution in [3.05, 3.63) is 48.0 Å². The summed E-state index contributed by atoms with van der Waals surface area (Å²) in [4.78, 5) is 11.3. The Hall–Kier alpha value is -1.66. The lowest BCUT2D eigenvalue weighted by molar-refractivity contribution is -0.141. The van der Waals surface area contributed by atoms with Crippen LogP contribution < -0.4 is 0 Å². The minimum absolute atomic E-state index is 0.0120. The molecule has 1 aromatic carbocycles. The van der Waals surface area contributed by atoms with E-state index in [-0.39, 0.29) is 12.0 Å². The molecule has 0 bridgehead atoms. The Labute approximate surface area is 112 Å². The Bertz CT molecular complexity index is 548. The first kappa shape index (κ1) is 15.4. The molecule has 0 radical (unpaired) electrons. The number of hydrogen-bond acceptors (Lipinski definition) is 4. The smallest absolute Gasteiger partial charge is 0.334 e. The number of carbonyl (C=O) groups is 1. The Morgan fingerprint density at radius 2 is 1.95 bits per heavy atom. The summed E-state index contributed by atoms with van der Waals surface area (Å²) in [6.45, 7) is 4.76. The third kappa shape index (κ3) is 5.23.